The van der Waals surface area contributed by atoms with Crippen molar-refractivity contribution in [1.29, 1.82) is 0 Å². The fraction of sp³-hybridized carbons (Fsp3) is 0.368. The van der Waals surface area contributed by atoms with E-state index in [1.54, 1.807) is 6.07 Å². The highest BCUT2D eigenvalue weighted by molar-refractivity contribution is 5.63. The van der Waals surface area contributed by atoms with Gasteiger partial charge in [-0.3, -0.25) is 0 Å². The Labute approximate surface area is 132 Å². The maximum atomic E-state index is 14.3. The first-order valence-electron chi connectivity index (χ1n) is 7.89. The Morgan fingerprint density at radius 3 is 2.82 bits per heavy atom. The maximum Gasteiger partial charge on any atom is 0.132 e. The molecule has 1 atom stereocenters. The van der Waals surface area contributed by atoms with Crippen LogP contribution < -0.4 is 10.6 Å². The van der Waals surface area contributed by atoms with Crippen LogP contribution >= 0.6 is 0 Å². The summed E-state index contributed by atoms with van der Waals surface area (Å²) in [6.07, 6.45) is 4.87. The van der Waals surface area contributed by atoms with Crippen molar-refractivity contribution < 1.29 is 4.39 Å². The molecule has 1 aromatic rings. The minimum absolute atomic E-state index is 0.0529. The number of rotatable bonds is 6. The van der Waals surface area contributed by atoms with Crippen molar-refractivity contribution in [3.05, 3.63) is 66.3 Å². The Hall–Kier alpha value is -2.03. The average Bonchev–Trinajstić information content (AvgIpc) is 2.48. The summed E-state index contributed by atoms with van der Waals surface area (Å²) in [5, 5.41) is 6.42. The maximum absolute atomic E-state index is 14.3. The number of halogens is 1. The van der Waals surface area contributed by atoms with Crippen LogP contribution in [0.25, 0.3) is 5.70 Å². The molecule has 22 heavy (non-hydrogen) atoms. The van der Waals surface area contributed by atoms with E-state index >= 15 is 0 Å². The summed E-state index contributed by atoms with van der Waals surface area (Å²) in [4.78, 5) is 0. The van der Waals surface area contributed by atoms with Crippen LogP contribution in [0.5, 0.6) is 0 Å². The average molecular weight is 300 g/mol. The van der Waals surface area contributed by atoms with Crippen LogP contribution in [-0.2, 0) is 6.42 Å². The zero-order chi connectivity index (χ0) is 16.1. The number of allylic oxidation sites excluding steroid dienone is 1. The molecule has 0 radical (unpaired) electrons. The van der Waals surface area contributed by atoms with E-state index in [9.17, 15) is 4.39 Å². The van der Waals surface area contributed by atoms with Gasteiger partial charge < -0.3 is 10.6 Å². The topological polar surface area (TPSA) is 24.1 Å². The second-order valence-corrected chi connectivity index (χ2v) is 5.89. The van der Waals surface area contributed by atoms with Gasteiger partial charge in [0, 0.05) is 22.7 Å². The van der Waals surface area contributed by atoms with Crippen LogP contribution in [0.1, 0.15) is 43.7 Å². The van der Waals surface area contributed by atoms with Crippen LogP contribution in [0.15, 0.2) is 49.3 Å². The van der Waals surface area contributed by atoms with Crippen molar-refractivity contribution in [3.8, 4) is 0 Å². The summed E-state index contributed by atoms with van der Waals surface area (Å²) >= 11 is 0. The lowest BCUT2D eigenvalue weighted by atomic mass is 10.0. The van der Waals surface area contributed by atoms with Gasteiger partial charge in [0.15, 0.2) is 0 Å². The molecule has 1 heterocycles. The molecule has 3 heteroatoms. The summed E-state index contributed by atoms with van der Waals surface area (Å²) in [6, 6.07) is 5.47. The van der Waals surface area contributed by atoms with E-state index in [0.717, 1.165) is 49.1 Å². The van der Waals surface area contributed by atoms with Crippen LogP contribution in [0.3, 0.4) is 0 Å². The van der Waals surface area contributed by atoms with Gasteiger partial charge in [-0.1, -0.05) is 39.1 Å². The first-order valence-corrected chi connectivity index (χ1v) is 7.89. The number of piperidine rings is 1. The summed E-state index contributed by atoms with van der Waals surface area (Å²) in [7, 11) is 0. The van der Waals surface area contributed by atoms with E-state index in [2.05, 4.69) is 37.3 Å². The van der Waals surface area contributed by atoms with Crippen LogP contribution in [0.4, 0.5) is 4.39 Å². The summed E-state index contributed by atoms with van der Waals surface area (Å²) < 4.78 is 14.3. The second kappa shape index (κ2) is 7.30. The normalized spacial score (nSPS) is 18.0. The van der Waals surface area contributed by atoms with Crippen LogP contribution in [0.2, 0.25) is 0 Å². The zero-order valence-corrected chi connectivity index (χ0v) is 13.3. The molecule has 0 saturated carbocycles. The summed E-state index contributed by atoms with van der Waals surface area (Å²) in [5.74, 6) is -0.218. The lowest BCUT2D eigenvalue weighted by molar-refractivity contribution is 0.536. The Kier molecular flexibility index (Phi) is 5.42. The molecule has 0 amide bonds. The molecule has 1 saturated heterocycles. The molecule has 2 rings (SSSR count). The highest BCUT2D eigenvalue weighted by Crippen LogP contribution is 2.22. The van der Waals surface area contributed by atoms with Crippen molar-refractivity contribution in [3.63, 3.8) is 0 Å². The molecule has 1 aromatic carbocycles. The minimum atomic E-state index is -0.218. The van der Waals surface area contributed by atoms with Gasteiger partial charge in [-0.15, -0.1) is 0 Å². The summed E-state index contributed by atoms with van der Waals surface area (Å²) in [6.45, 7) is 14.0. The van der Waals surface area contributed by atoms with Crippen molar-refractivity contribution in [2.75, 3.05) is 0 Å². The molecule has 1 aliphatic heterocycles. The molecule has 2 N–H and O–H groups in total. The van der Waals surface area contributed by atoms with E-state index in [-0.39, 0.29) is 11.9 Å². The number of aryl methyl sites for hydroxylation is 1. The number of hydrogen-bond acceptors (Lipinski definition) is 2. The molecule has 118 valence electrons. The van der Waals surface area contributed by atoms with Gasteiger partial charge in [0.2, 0.25) is 0 Å². The van der Waals surface area contributed by atoms with E-state index in [1.807, 2.05) is 12.1 Å². The molecule has 1 unspecified atom stereocenters. The van der Waals surface area contributed by atoms with Gasteiger partial charge in [0.25, 0.3) is 0 Å². The lowest BCUT2D eigenvalue weighted by Crippen LogP contribution is -2.38. The third kappa shape index (κ3) is 4.00. The van der Waals surface area contributed by atoms with Gasteiger partial charge in [-0.2, -0.15) is 0 Å². The third-order valence-electron chi connectivity index (χ3n) is 4.02. The van der Waals surface area contributed by atoms with Crippen molar-refractivity contribution in [2.45, 2.75) is 45.1 Å². The van der Waals surface area contributed by atoms with Crippen molar-refractivity contribution >= 4 is 5.70 Å². The second-order valence-electron chi connectivity index (χ2n) is 5.89. The Balaban J connectivity index is 2.03. The zero-order valence-electron chi connectivity index (χ0n) is 13.3. The Morgan fingerprint density at radius 2 is 2.18 bits per heavy atom. The highest BCUT2D eigenvalue weighted by atomic mass is 19.1. The molecule has 0 aromatic heterocycles. The monoisotopic (exact) mass is 300 g/mol. The largest absolute Gasteiger partial charge is 0.377 e. The standard InChI is InChI=1S/C19H25FN2/c1-5-6-7-16-9-10-17(18(20)12-16)14(3)22-19-11-8-13(2)21-15(19)4/h9-10,12,19,21-22H,2-8,11H2,1H3. The summed E-state index contributed by atoms with van der Waals surface area (Å²) in [5.41, 5.74) is 3.99. The SMILES string of the molecule is C=C1CCC(NC(=C)c2ccc(CCCC)cc2F)C(=C)N1. The quantitative estimate of drug-likeness (QED) is 0.808. The molecular weight excluding hydrogens is 275 g/mol. The Bertz CT molecular complexity index is 589. The predicted octanol–water partition coefficient (Wildman–Crippen LogP) is 4.51. The fourth-order valence-electron chi connectivity index (χ4n) is 2.66. The van der Waals surface area contributed by atoms with E-state index in [1.165, 1.54) is 0 Å². The molecule has 1 fully saturated rings. The van der Waals surface area contributed by atoms with E-state index in [0.29, 0.717) is 11.3 Å². The molecule has 0 aliphatic carbocycles. The first-order chi connectivity index (χ1) is 10.5. The van der Waals surface area contributed by atoms with Gasteiger partial charge in [-0.05, 0) is 43.4 Å². The minimum Gasteiger partial charge on any atom is -0.377 e. The van der Waals surface area contributed by atoms with Crippen molar-refractivity contribution in [1.82, 2.24) is 10.6 Å². The first kappa shape index (κ1) is 16.3. The van der Waals surface area contributed by atoms with Gasteiger partial charge in [0.1, 0.15) is 5.82 Å². The molecule has 0 bridgehead atoms. The smallest absolute Gasteiger partial charge is 0.132 e. The number of hydrogen-bond donors (Lipinski definition) is 2. The van der Waals surface area contributed by atoms with Crippen LogP contribution in [0, 0.1) is 5.82 Å². The Morgan fingerprint density at radius 1 is 1.41 bits per heavy atom. The van der Waals surface area contributed by atoms with Crippen molar-refractivity contribution in [2.24, 2.45) is 0 Å². The van der Waals surface area contributed by atoms with E-state index in [4.69, 9.17) is 0 Å². The molecule has 2 nitrogen and oxygen atoms in total. The molecule has 0 spiro atoms. The number of benzene rings is 1. The molecular formula is C19H25FN2. The van der Waals surface area contributed by atoms with E-state index < -0.39 is 0 Å². The van der Waals surface area contributed by atoms with Gasteiger partial charge in [-0.25, -0.2) is 4.39 Å². The number of unbranched alkanes of at least 4 members (excludes halogenated alkanes) is 1. The molecule has 1 aliphatic rings. The number of nitrogens with one attached hydrogen (secondary N) is 2. The van der Waals surface area contributed by atoms with Gasteiger partial charge >= 0.3 is 0 Å². The van der Waals surface area contributed by atoms with Crippen LogP contribution in [-0.4, -0.2) is 6.04 Å². The predicted molar refractivity (Wildman–Crippen MR) is 91.6 cm³/mol. The highest BCUT2D eigenvalue weighted by Gasteiger charge is 2.20. The third-order valence-corrected chi connectivity index (χ3v) is 4.02. The van der Waals surface area contributed by atoms with Gasteiger partial charge in [0.05, 0.1) is 6.04 Å². The lowest BCUT2D eigenvalue weighted by Gasteiger charge is -2.30. The fourth-order valence-corrected chi connectivity index (χ4v) is 2.66.